The van der Waals surface area contributed by atoms with Gasteiger partial charge in [0.15, 0.2) is 0 Å². The fourth-order valence-electron chi connectivity index (χ4n) is 1.50. The first kappa shape index (κ1) is 12.1. The van der Waals surface area contributed by atoms with Gasteiger partial charge in [-0.25, -0.2) is 4.98 Å². The summed E-state index contributed by atoms with van der Waals surface area (Å²) in [5.41, 5.74) is 2.63. The van der Waals surface area contributed by atoms with E-state index in [1.165, 1.54) is 5.56 Å². The minimum atomic E-state index is 0.289. The molecular formula is C14H18N2S. The average molecular weight is 246 g/mol. The summed E-state index contributed by atoms with van der Waals surface area (Å²) in [6.07, 6.45) is 1.84. The Morgan fingerprint density at radius 2 is 2.12 bits per heavy atom. The van der Waals surface area contributed by atoms with Crippen LogP contribution in [0.25, 0.3) is 10.6 Å². The number of rotatable bonds is 3. The smallest absolute Gasteiger partial charge is 0.123 e. The Labute approximate surface area is 107 Å². The Morgan fingerprint density at radius 1 is 1.29 bits per heavy atom. The molecule has 2 nitrogen and oxygen atoms in total. The molecule has 0 saturated carbocycles. The van der Waals surface area contributed by atoms with Crippen LogP contribution in [0.4, 0.5) is 5.69 Å². The van der Waals surface area contributed by atoms with Crippen LogP contribution in [-0.2, 0) is 0 Å². The summed E-state index contributed by atoms with van der Waals surface area (Å²) >= 11 is 1.67. The van der Waals surface area contributed by atoms with Crippen molar-refractivity contribution in [1.82, 2.24) is 4.98 Å². The number of benzene rings is 1. The lowest BCUT2D eigenvalue weighted by Crippen LogP contribution is -2.18. The fraction of sp³-hybridized carbons (Fsp3) is 0.357. The predicted octanol–water partition coefficient (Wildman–Crippen LogP) is 4.27. The van der Waals surface area contributed by atoms with E-state index in [4.69, 9.17) is 0 Å². The maximum Gasteiger partial charge on any atom is 0.123 e. The first-order chi connectivity index (χ1) is 8.04. The van der Waals surface area contributed by atoms with Crippen molar-refractivity contribution < 1.29 is 0 Å². The quantitative estimate of drug-likeness (QED) is 0.875. The van der Waals surface area contributed by atoms with E-state index in [0.717, 1.165) is 17.2 Å². The predicted molar refractivity (Wildman–Crippen MR) is 75.5 cm³/mol. The largest absolute Gasteiger partial charge is 0.385 e. The van der Waals surface area contributed by atoms with Gasteiger partial charge in [0, 0.05) is 29.4 Å². The third-order valence-corrected chi connectivity index (χ3v) is 3.19. The number of hydrogen-bond donors (Lipinski definition) is 1. The molecule has 1 heterocycles. The Bertz CT molecular complexity index is 469. The maximum absolute atomic E-state index is 4.33. The van der Waals surface area contributed by atoms with Crippen molar-refractivity contribution in [1.29, 1.82) is 0 Å². The van der Waals surface area contributed by atoms with Gasteiger partial charge in [0.05, 0.1) is 0 Å². The fourth-order valence-corrected chi connectivity index (χ4v) is 2.13. The highest BCUT2D eigenvalue weighted by Crippen LogP contribution is 2.25. The Balaban J connectivity index is 2.12. The second kappa shape index (κ2) is 4.88. The molecule has 2 rings (SSSR count). The molecule has 1 N–H and O–H groups in total. The lowest BCUT2D eigenvalue weighted by molar-refractivity contribution is 0.443. The third-order valence-electron chi connectivity index (χ3n) is 2.36. The molecule has 0 unspecified atom stereocenters. The van der Waals surface area contributed by atoms with Gasteiger partial charge < -0.3 is 5.32 Å². The van der Waals surface area contributed by atoms with Crippen molar-refractivity contribution in [2.24, 2.45) is 5.41 Å². The van der Waals surface area contributed by atoms with Crippen LogP contribution in [0.15, 0.2) is 35.8 Å². The maximum atomic E-state index is 4.33. The highest BCUT2D eigenvalue weighted by molar-refractivity contribution is 7.13. The van der Waals surface area contributed by atoms with Crippen LogP contribution in [0.5, 0.6) is 0 Å². The highest BCUT2D eigenvalue weighted by atomic mass is 32.1. The molecule has 1 aromatic heterocycles. The van der Waals surface area contributed by atoms with E-state index >= 15 is 0 Å². The summed E-state index contributed by atoms with van der Waals surface area (Å²) in [5, 5.41) is 6.54. The number of aromatic nitrogens is 1. The second-order valence-corrected chi connectivity index (χ2v) is 6.23. The van der Waals surface area contributed by atoms with Crippen molar-refractivity contribution in [2.75, 3.05) is 11.9 Å². The van der Waals surface area contributed by atoms with Crippen LogP contribution < -0.4 is 5.32 Å². The summed E-state index contributed by atoms with van der Waals surface area (Å²) in [6.45, 7) is 7.65. The van der Waals surface area contributed by atoms with Gasteiger partial charge in [0.1, 0.15) is 5.01 Å². The van der Waals surface area contributed by atoms with Gasteiger partial charge in [0.25, 0.3) is 0 Å². The normalized spacial score (nSPS) is 11.5. The van der Waals surface area contributed by atoms with E-state index in [2.05, 4.69) is 55.3 Å². The topological polar surface area (TPSA) is 24.9 Å². The van der Waals surface area contributed by atoms with Crippen LogP contribution in [0.3, 0.4) is 0 Å². The highest BCUT2D eigenvalue weighted by Gasteiger charge is 2.09. The van der Waals surface area contributed by atoms with Gasteiger partial charge in [-0.3, -0.25) is 0 Å². The van der Waals surface area contributed by atoms with Gasteiger partial charge in [-0.15, -0.1) is 11.3 Å². The molecule has 1 aromatic carbocycles. The molecule has 0 bridgehead atoms. The van der Waals surface area contributed by atoms with Crippen molar-refractivity contribution in [3.05, 3.63) is 35.8 Å². The zero-order chi connectivity index (χ0) is 12.3. The molecule has 2 aromatic rings. The Hall–Kier alpha value is -1.35. The van der Waals surface area contributed by atoms with Gasteiger partial charge >= 0.3 is 0 Å². The zero-order valence-electron chi connectivity index (χ0n) is 10.5. The lowest BCUT2D eigenvalue weighted by Gasteiger charge is -2.19. The standard InChI is InChI=1S/C14H18N2S/c1-14(2,3)10-16-12-6-4-5-11(9-12)13-15-7-8-17-13/h4-9,16H,10H2,1-3H3. The van der Waals surface area contributed by atoms with Gasteiger partial charge in [-0.2, -0.15) is 0 Å². The number of thiazole rings is 1. The molecular weight excluding hydrogens is 228 g/mol. The summed E-state index contributed by atoms with van der Waals surface area (Å²) in [6, 6.07) is 8.43. The van der Waals surface area contributed by atoms with E-state index in [9.17, 15) is 0 Å². The zero-order valence-corrected chi connectivity index (χ0v) is 11.3. The van der Waals surface area contributed by atoms with E-state index < -0.39 is 0 Å². The lowest BCUT2D eigenvalue weighted by atomic mass is 9.97. The number of anilines is 1. The summed E-state index contributed by atoms with van der Waals surface area (Å²) in [7, 11) is 0. The average Bonchev–Trinajstić information content (AvgIpc) is 2.79. The van der Waals surface area contributed by atoms with E-state index in [1.807, 2.05) is 11.6 Å². The van der Waals surface area contributed by atoms with Crippen molar-refractivity contribution in [3.63, 3.8) is 0 Å². The first-order valence-electron chi connectivity index (χ1n) is 5.78. The molecule has 0 atom stereocenters. The van der Waals surface area contributed by atoms with E-state index in [1.54, 1.807) is 11.3 Å². The van der Waals surface area contributed by atoms with E-state index in [0.29, 0.717) is 0 Å². The molecule has 0 saturated heterocycles. The third kappa shape index (κ3) is 3.56. The number of hydrogen-bond acceptors (Lipinski definition) is 3. The first-order valence-corrected chi connectivity index (χ1v) is 6.66. The van der Waals surface area contributed by atoms with Gasteiger partial charge in [0.2, 0.25) is 0 Å². The number of nitrogens with one attached hydrogen (secondary N) is 1. The molecule has 0 radical (unpaired) electrons. The molecule has 0 amide bonds. The molecule has 0 fully saturated rings. The summed E-state index contributed by atoms with van der Waals surface area (Å²) in [5.74, 6) is 0. The second-order valence-electron chi connectivity index (χ2n) is 5.33. The van der Waals surface area contributed by atoms with Crippen LogP contribution in [0, 0.1) is 5.41 Å². The van der Waals surface area contributed by atoms with Crippen molar-refractivity contribution >= 4 is 17.0 Å². The Kier molecular flexibility index (Phi) is 3.48. The molecule has 3 heteroatoms. The van der Waals surface area contributed by atoms with Gasteiger partial charge in [-0.05, 0) is 17.5 Å². The summed E-state index contributed by atoms with van der Waals surface area (Å²) in [4.78, 5) is 4.33. The van der Waals surface area contributed by atoms with Crippen LogP contribution in [-0.4, -0.2) is 11.5 Å². The summed E-state index contributed by atoms with van der Waals surface area (Å²) < 4.78 is 0. The minimum absolute atomic E-state index is 0.289. The monoisotopic (exact) mass is 246 g/mol. The Morgan fingerprint density at radius 3 is 2.76 bits per heavy atom. The van der Waals surface area contributed by atoms with Crippen LogP contribution >= 0.6 is 11.3 Å². The van der Waals surface area contributed by atoms with Crippen LogP contribution in [0.2, 0.25) is 0 Å². The minimum Gasteiger partial charge on any atom is -0.385 e. The van der Waals surface area contributed by atoms with Crippen LogP contribution in [0.1, 0.15) is 20.8 Å². The molecule has 0 aliphatic heterocycles. The SMILES string of the molecule is CC(C)(C)CNc1cccc(-c2nccs2)c1. The molecule has 0 aliphatic rings. The van der Waals surface area contributed by atoms with Crippen molar-refractivity contribution in [2.45, 2.75) is 20.8 Å². The molecule has 0 aliphatic carbocycles. The molecule has 17 heavy (non-hydrogen) atoms. The number of nitrogens with zero attached hydrogens (tertiary/aromatic N) is 1. The molecule has 90 valence electrons. The van der Waals surface area contributed by atoms with Crippen molar-refractivity contribution in [3.8, 4) is 10.6 Å². The van der Waals surface area contributed by atoms with Gasteiger partial charge in [-0.1, -0.05) is 32.9 Å². The van der Waals surface area contributed by atoms with E-state index in [-0.39, 0.29) is 5.41 Å². The molecule has 0 spiro atoms.